The molecule has 15 heavy (non-hydrogen) atoms. The van der Waals surface area contributed by atoms with Crippen LogP contribution >= 0.6 is 0 Å². The smallest absolute Gasteiger partial charge is 0.235 e. The van der Waals surface area contributed by atoms with Gasteiger partial charge in [-0.3, -0.25) is 0 Å². The van der Waals surface area contributed by atoms with Gasteiger partial charge in [0.2, 0.25) is 6.08 Å². The Bertz CT molecular complexity index is 221. The molecule has 0 fully saturated rings. The van der Waals surface area contributed by atoms with Gasteiger partial charge in [0.15, 0.2) is 6.29 Å². The Balaban J connectivity index is 3.76. The van der Waals surface area contributed by atoms with E-state index in [4.69, 9.17) is 9.47 Å². The standard InChI is InChI=1S/C10H19NO3Si/c1-4-13-10(14-5-2)7-15-9(3)6-11-8-12/h10H,3-7,15H2,1-2H3. The lowest BCUT2D eigenvalue weighted by Gasteiger charge is -2.16. The number of isocyanates is 1. The van der Waals surface area contributed by atoms with Gasteiger partial charge < -0.3 is 9.47 Å². The predicted molar refractivity (Wildman–Crippen MR) is 62.5 cm³/mol. The van der Waals surface area contributed by atoms with E-state index < -0.39 is 9.52 Å². The van der Waals surface area contributed by atoms with Crippen molar-refractivity contribution < 1.29 is 14.3 Å². The van der Waals surface area contributed by atoms with Gasteiger partial charge in [0, 0.05) is 13.2 Å². The summed E-state index contributed by atoms with van der Waals surface area (Å²) in [5, 5.41) is 1.03. The zero-order chi connectivity index (χ0) is 11.5. The molecule has 0 N–H and O–H groups in total. The molecule has 0 radical (unpaired) electrons. The number of hydrogen-bond donors (Lipinski definition) is 0. The van der Waals surface area contributed by atoms with E-state index in [-0.39, 0.29) is 6.29 Å². The minimum absolute atomic E-state index is 0.122. The van der Waals surface area contributed by atoms with Crippen LogP contribution < -0.4 is 0 Å². The summed E-state index contributed by atoms with van der Waals surface area (Å²) in [6.07, 6.45) is 1.39. The van der Waals surface area contributed by atoms with Crippen molar-refractivity contribution in [3.05, 3.63) is 11.8 Å². The van der Waals surface area contributed by atoms with Gasteiger partial charge in [0.1, 0.15) is 0 Å². The fourth-order valence-electron chi connectivity index (χ4n) is 1.13. The molecule has 0 saturated carbocycles. The monoisotopic (exact) mass is 229 g/mol. The highest BCUT2D eigenvalue weighted by molar-refractivity contribution is 6.45. The molecule has 0 heterocycles. The lowest BCUT2D eigenvalue weighted by Crippen LogP contribution is -2.20. The van der Waals surface area contributed by atoms with Crippen LogP contribution in [0.1, 0.15) is 13.8 Å². The van der Waals surface area contributed by atoms with Crippen LogP contribution in [0.4, 0.5) is 0 Å². The Hall–Kier alpha value is -0.743. The first-order valence-corrected chi connectivity index (χ1v) is 6.88. The minimum Gasteiger partial charge on any atom is -0.353 e. The van der Waals surface area contributed by atoms with E-state index in [0.29, 0.717) is 19.8 Å². The maximum absolute atomic E-state index is 9.89. The maximum Gasteiger partial charge on any atom is 0.235 e. The average molecular weight is 229 g/mol. The molecular formula is C10H19NO3Si. The second kappa shape index (κ2) is 9.80. The molecule has 0 spiro atoms. The first-order chi connectivity index (χ1) is 7.24. The molecule has 0 aliphatic heterocycles. The van der Waals surface area contributed by atoms with Crippen LogP contribution in [-0.2, 0) is 14.3 Å². The van der Waals surface area contributed by atoms with Gasteiger partial charge in [-0.05, 0) is 19.9 Å². The first kappa shape index (κ1) is 14.3. The van der Waals surface area contributed by atoms with Gasteiger partial charge in [0.25, 0.3) is 0 Å². The van der Waals surface area contributed by atoms with Gasteiger partial charge in [-0.15, -0.1) is 6.58 Å². The summed E-state index contributed by atoms with van der Waals surface area (Å²) >= 11 is 0. The summed E-state index contributed by atoms with van der Waals surface area (Å²) < 4.78 is 10.8. The van der Waals surface area contributed by atoms with E-state index in [1.54, 1.807) is 0 Å². The summed E-state index contributed by atoms with van der Waals surface area (Å²) in [5.74, 6) is 0. The number of nitrogens with zero attached hydrogens (tertiary/aromatic N) is 1. The van der Waals surface area contributed by atoms with E-state index in [2.05, 4.69) is 11.6 Å². The van der Waals surface area contributed by atoms with Crippen LogP contribution in [0.3, 0.4) is 0 Å². The molecule has 0 unspecified atom stereocenters. The molecule has 0 bridgehead atoms. The Morgan fingerprint density at radius 3 is 2.53 bits per heavy atom. The summed E-state index contributed by atoms with van der Waals surface area (Å²) in [5.41, 5.74) is 0. The first-order valence-electron chi connectivity index (χ1n) is 5.18. The van der Waals surface area contributed by atoms with Gasteiger partial charge in [-0.1, -0.05) is 5.20 Å². The van der Waals surface area contributed by atoms with Crippen LogP contribution in [0, 0.1) is 0 Å². The van der Waals surface area contributed by atoms with E-state index in [9.17, 15) is 4.79 Å². The van der Waals surface area contributed by atoms with E-state index in [1.807, 2.05) is 13.8 Å². The van der Waals surface area contributed by atoms with Crippen LogP contribution in [0.5, 0.6) is 0 Å². The third-order valence-corrected chi connectivity index (χ3v) is 3.50. The summed E-state index contributed by atoms with van der Waals surface area (Å²) in [6.45, 7) is 9.45. The lowest BCUT2D eigenvalue weighted by atomic mass is 10.6. The van der Waals surface area contributed by atoms with Crippen LogP contribution in [-0.4, -0.2) is 41.6 Å². The second-order valence-corrected chi connectivity index (χ2v) is 5.11. The zero-order valence-electron chi connectivity index (χ0n) is 9.49. The van der Waals surface area contributed by atoms with Gasteiger partial charge in [-0.2, -0.15) is 0 Å². The summed E-state index contributed by atoms with van der Waals surface area (Å²) in [6, 6.07) is 0.884. The van der Waals surface area contributed by atoms with E-state index in [0.717, 1.165) is 11.2 Å². The van der Waals surface area contributed by atoms with Gasteiger partial charge >= 0.3 is 0 Å². The molecule has 4 nitrogen and oxygen atoms in total. The molecule has 0 aliphatic rings. The molecule has 0 aromatic heterocycles. The van der Waals surface area contributed by atoms with Crippen molar-refractivity contribution >= 4 is 15.6 Å². The minimum atomic E-state index is -0.490. The van der Waals surface area contributed by atoms with Crippen LogP contribution in [0.25, 0.3) is 0 Å². The zero-order valence-corrected chi connectivity index (χ0v) is 10.9. The molecule has 86 valence electrons. The molecule has 0 aromatic rings. The number of ether oxygens (including phenoxy) is 2. The molecule has 0 aliphatic carbocycles. The van der Waals surface area contributed by atoms with Crippen molar-refractivity contribution in [1.29, 1.82) is 0 Å². The fourth-order valence-corrected chi connectivity index (χ4v) is 2.38. The highest BCUT2D eigenvalue weighted by atomic mass is 28.2. The number of aliphatic imine (C=N–C) groups is 1. The quantitative estimate of drug-likeness (QED) is 0.254. The Kier molecular flexibility index (Phi) is 9.31. The summed E-state index contributed by atoms with van der Waals surface area (Å²) in [7, 11) is -0.490. The average Bonchev–Trinajstić information content (AvgIpc) is 2.23. The molecular weight excluding hydrogens is 210 g/mol. The number of rotatable bonds is 9. The highest BCUT2D eigenvalue weighted by Crippen LogP contribution is 2.04. The fraction of sp³-hybridized carbons (Fsp3) is 0.700. The molecule has 0 atom stereocenters. The van der Waals surface area contributed by atoms with Gasteiger partial charge in [0.05, 0.1) is 16.1 Å². The Morgan fingerprint density at radius 1 is 1.47 bits per heavy atom. The van der Waals surface area contributed by atoms with Crippen molar-refractivity contribution in [2.45, 2.75) is 26.2 Å². The Labute approximate surface area is 93.2 Å². The van der Waals surface area contributed by atoms with Crippen molar-refractivity contribution in [3.8, 4) is 0 Å². The van der Waals surface area contributed by atoms with Gasteiger partial charge in [-0.25, -0.2) is 9.79 Å². The second-order valence-electron chi connectivity index (χ2n) is 3.04. The third-order valence-electron chi connectivity index (χ3n) is 1.81. The molecule has 0 amide bonds. The van der Waals surface area contributed by atoms with E-state index in [1.165, 1.54) is 6.08 Å². The number of hydrogen-bond acceptors (Lipinski definition) is 4. The van der Waals surface area contributed by atoms with Crippen LogP contribution in [0.2, 0.25) is 6.04 Å². The topological polar surface area (TPSA) is 47.9 Å². The third kappa shape index (κ3) is 8.26. The predicted octanol–water partition coefficient (Wildman–Crippen LogP) is 0.822. The molecule has 0 rings (SSSR count). The lowest BCUT2D eigenvalue weighted by molar-refractivity contribution is -0.123. The molecule has 0 saturated heterocycles. The van der Waals surface area contributed by atoms with Crippen molar-refractivity contribution in [1.82, 2.24) is 0 Å². The summed E-state index contributed by atoms with van der Waals surface area (Å²) in [4.78, 5) is 13.4. The highest BCUT2D eigenvalue weighted by Gasteiger charge is 2.08. The Morgan fingerprint density at radius 2 is 2.07 bits per heavy atom. The molecule has 0 aromatic carbocycles. The number of carbonyl (C=O) groups excluding carboxylic acids is 1. The van der Waals surface area contributed by atoms with E-state index >= 15 is 0 Å². The van der Waals surface area contributed by atoms with Crippen molar-refractivity contribution in [3.63, 3.8) is 0 Å². The maximum atomic E-state index is 9.89. The van der Waals surface area contributed by atoms with Crippen molar-refractivity contribution in [2.24, 2.45) is 4.99 Å². The normalized spacial score (nSPS) is 10.9. The van der Waals surface area contributed by atoms with Crippen molar-refractivity contribution in [2.75, 3.05) is 19.8 Å². The molecule has 5 heteroatoms. The van der Waals surface area contributed by atoms with Crippen LogP contribution in [0.15, 0.2) is 16.8 Å². The SMILES string of the molecule is C=C(CN=C=O)[SiH2]CC(OCC)OCC. The largest absolute Gasteiger partial charge is 0.353 e.